The summed E-state index contributed by atoms with van der Waals surface area (Å²) in [5.41, 5.74) is 1.17. The molecule has 1 aliphatic heterocycles. The molecule has 0 radical (unpaired) electrons. The van der Waals surface area contributed by atoms with Crippen molar-refractivity contribution in [1.82, 2.24) is 19.9 Å². The highest BCUT2D eigenvalue weighted by atomic mass is 32.1. The predicted molar refractivity (Wildman–Crippen MR) is 92.1 cm³/mol. The number of hydrogen-bond donors (Lipinski definition) is 2. The fraction of sp³-hybridized carbons (Fsp3) is 0.562. The maximum absolute atomic E-state index is 9.07. The average molecular weight is 333 g/mol. The van der Waals surface area contributed by atoms with Crippen LogP contribution in [0.1, 0.15) is 37.8 Å². The summed E-state index contributed by atoms with van der Waals surface area (Å²) in [6, 6.07) is 2.26. The maximum atomic E-state index is 9.07. The summed E-state index contributed by atoms with van der Waals surface area (Å²) in [7, 11) is 0. The number of piperidine rings is 1. The molecule has 6 nitrogen and oxygen atoms in total. The number of anilines is 2. The zero-order valence-electron chi connectivity index (χ0n) is 13.4. The van der Waals surface area contributed by atoms with E-state index in [4.69, 9.17) is 10.1 Å². The first-order chi connectivity index (χ1) is 11.3. The molecular formula is C16H23N5OS. The Balaban J connectivity index is 1.55. The number of nitrogens with zero attached hydrogens (tertiary/aromatic N) is 4. The van der Waals surface area contributed by atoms with E-state index < -0.39 is 0 Å². The number of likely N-dealkylation sites (tertiary alicyclic amines) is 1. The highest BCUT2D eigenvalue weighted by Crippen LogP contribution is 2.31. The Kier molecular flexibility index (Phi) is 5.53. The summed E-state index contributed by atoms with van der Waals surface area (Å²) < 4.78 is 0. The molecule has 2 N–H and O–H groups in total. The topological polar surface area (TPSA) is 74.2 Å². The molecule has 0 aromatic carbocycles. The van der Waals surface area contributed by atoms with Gasteiger partial charge in [-0.1, -0.05) is 0 Å². The Morgan fingerprint density at radius 2 is 2.09 bits per heavy atom. The minimum atomic E-state index is 0.268. The second kappa shape index (κ2) is 7.81. The van der Waals surface area contributed by atoms with E-state index >= 15 is 0 Å². The molecule has 1 atom stereocenters. The molecule has 1 unspecified atom stereocenters. The van der Waals surface area contributed by atoms with Crippen LogP contribution in [0.25, 0.3) is 0 Å². The molecule has 7 heteroatoms. The maximum Gasteiger partial charge on any atom is 0.228 e. The van der Waals surface area contributed by atoms with Crippen LogP contribution in [0.5, 0.6) is 0 Å². The number of nitrogens with one attached hydrogen (secondary N) is 1. The van der Waals surface area contributed by atoms with Gasteiger partial charge < -0.3 is 15.3 Å². The first-order valence-corrected chi connectivity index (χ1v) is 8.98. The Bertz CT molecular complexity index is 598. The molecule has 1 saturated heterocycles. The average Bonchev–Trinajstić information content (AvgIpc) is 3.05. The SMILES string of the molecule is CC(CCO)N1CCC(c2csc(Nc3ncccn3)n2)CC1. The van der Waals surface area contributed by atoms with Crippen LogP contribution in [0.2, 0.25) is 0 Å². The van der Waals surface area contributed by atoms with Crippen molar-refractivity contribution in [3.05, 3.63) is 29.5 Å². The number of rotatable bonds is 6. The molecule has 0 bridgehead atoms. The molecule has 1 aliphatic rings. The van der Waals surface area contributed by atoms with Gasteiger partial charge in [-0.25, -0.2) is 15.0 Å². The van der Waals surface area contributed by atoms with Crippen molar-refractivity contribution in [3.63, 3.8) is 0 Å². The quantitative estimate of drug-likeness (QED) is 0.846. The van der Waals surface area contributed by atoms with Crippen LogP contribution in [0.3, 0.4) is 0 Å². The van der Waals surface area contributed by atoms with Crippen LogP contribution in [-0.2, 0) is 0 Å². The molecule has 3 heterocycles. The normalized spacial score (nSPS) is 18.0. The molecule has 0 amide bonds. The predicted octanol–water partition coefficient (Wildman–Crippen LogP) is 2.63. The van der Waals surface area contributed by atoms with Crippen LogP contribution >= 0.6 is 11.3 Å². The third kappa shape index (κ3) is 4.25. The first kappa shape index (κ1) is 16.3. The molecule has 1 fully saturated rings. The van der Waals surface area contributed by atoms with Crippen molar-refractivity contribution in [1.29, 1.82) is 0 Å². The van der Waals surface area contributed by atoms with E-state index in [0.717, 1.165) is 37.5 Å². The smallest absolute Gasteiger partial charge is 0.228 e. The largest absolute Gasteiger partial charge is 0.396 e. The number of aliphatic hydroxyl groups excluding tert-OH is 1. The third-order valence-electron chi connectivity index (χ3n) is 4.42. The van der Waals surface area contributed by atoms with Gasteiger partial charge in [0.15, 0.2) is 5.13 Å². The molecule has 0 aliphatic carbocycles. The second-order valence-electron chi connectivity index (χ2n) is 5.95. The molecule has 0 saturated carbocycles. The van der Waals surface area contributed by atoms with E-state index in [0.29, 0.717) is 17.9 Å². The van der Waals surface area contributed by atoms with Gasteiger partial charge in [-0.3, -0.25) is 0 Å². The van der Waals surface area contributed by atoms with Crippen molar-refractivity contribution in [2.75, 3.05) is 25.0 Å². The van der Waals surface area contributed by atoms with Gasteiger partial charge in [0.05, 0.1) is 5.69 Å². The minimum absolute atomic E-state index is 0.268. The van der Waals surface area contributed by atoms with Gasteiger partial charge in [0.1, 0.15) is 0 Å². The van der Waals surface area contributed by atoms with E-state index in [1.54, 1.807) is 29.8 Å². The minimum Gasteiger partial charge on any atom is -0.396 e. The summed E-state index contributed by atoms with van der Waals surface area (Å²) in [5, 5.41) is 15.2. The van der Waals surface area contributed by atoms with Crippen LogP contribution in [0.15, 0.2) is 23.8 Å². The van der Waals surface area contributed by atoms with Gasteiger partial charge in [-0.2, -0.15) is 0 Å². The van der Waals surface area contributed by atoms with Gasteiger partial charge >= 0.3 is 0 Å². The van der Waals surface area contributed by atoms with E-state index in [9.17, 15) is 0 Å². The number of aromatic nitrogens is 3. The summed E-state index contributed by atoms with van der Waals surface area (Å²) in [4.78, 5) is 15.5. The Labute approximate surface area is 140 Å². The van der Waals surface area contributed by atoms with Gasteiger partial charge in [0, 0.05) is 36.3 Å². The lowest BCUT2D eigenvalue weighted by atomic mass is 9.93. The lowest BCUT2D eigenvalue weighted by Crippen LogP contribution is -2.39. The molecule has 124 valence electrons. The Morgan fingerprint density at radius 1 is 1.35 bits per heavy atom. The highest BCUT2D eigenvalue weighted by molar-refractivity contribution is 7.13. The van der Waals surface area contributed by atoms with Gasteiger partial charge in [-0.05, 0) is 45.3 Å². The second-order valence-corrected chi connectivity index (χ2v) is 6.80. The van der Waals surface area contributed by atoms with Crippen LogP contribution in [0.4, 0.5) is 11.1 Å². The van der Waals surface area contributed by atoms with E-state index in [-0.39, 0.29) is 6.61 Å². The van der Waals surface area contributed by atoms with Crippen LogP contribution < -0.4 is 5.32 Å². The molecule has 3 rings (SSSR count). The van der Waals surface area contributed by atoms with E-state index in [2.05, 4.69) is 32.5 Å². The number of thiazole rings is 1. The fourth-order valence-corrected chi connectivity index (χ4v) is 3.78. The van der Waals surface area contributed by atoms with Gasteiger partial charge in [0.2, 0.25) is 5.95 Å². The van der Waals surface area contributed by atoms with E-state index in [1.165, 1.54) is 5.69 Å². The summed E-state index contributed by atoms with van der Waals surface area (Å²) in [6.07, 6.45) is 6.54. The molecule has 2 aromatic heterocycles. The summed E-state index contributed by atoms with van der Waals surface area (Å²) in [6.45, 7) is 4.62. The summed E-state index contributed by atoms with van der Waals surface area (Å²) >= 11 is 1.60. The van der Waals surface area contributed by atoms with Crippen LogP contribution in [-0.4, -0.2) is 50.7 Å². The zero-order chi connectivity index (χ0) is 16.1. The molecule has 0 spiro atoms. The van der Waals surface area contributed by atoms with Crippen molar-refractivity contribution >= 4 is 22.4 Å². The van der Waals surface area contributed by atoms with Gasteiger partial charge in [-0.15, -0.1) is 11.3 Å². The molecule has 2 aromatic rings. The Hall–Kier alpha value is -1.57. The lowest BCUT2D eigenvalue weighted by Gasteiger charge is -2.35. The number of aliphatic hydroxyl groups is 1. The monoisotopic (exact) mass is 333 g/mol. The fourth-order valence-electron chi connectivity index (χ4n) is 3.00. The van der Waals surface area contributed by atoms with Crippen molar-refractivity contribution in [3.8, 4) is 0 Å². The number of hydrogen-bond acceptors (Lipinski definition) is 7. The van der Waals surface area contributed by atoms with Crippen molar-refractivity contribution in [2.24, 2.45) is 0 Å². The molecular weight excluding hydrogens is 310 g/mol. The van der Waals surface area contributed by atoms with E-state index in [1.807, 2.05) is 0 Å². The zero-order valence-corrected chi connectivity index (χ0v) is 14.2. The van der Waals surface area contributed by atoms with Crippen molar-refractivity contribution in [2.45, 2.75) is 38.1 Å². The first-order valence-electron chi connectivity index (χ1n) is 8.10. The Morgan fingerprint density at radius 3 is 2.78 bits per heavy atom. The third-order valence-corrected chi connectivity index (χ3v) is 5.20. The van der Waals surface area contributed by atoms with Gasteiger partial charge in [0.25, 0.3) is 0 Å². The molecule has 23 heavy (non-hydrogen) atoms. The van der Waals surface area contributed by atoms with Crippen LogP contribution in [0, 0.1) is 0 Å². The lowest BCUT2D eigenvalue weighted by molar-refractivity contribution is 0.135. The highest BCUT2D eigenvalue weighted by Gasteiger charge is 2.25. The standard InChI is InChI=1S/C16H23N5OS/c1-12(5-10-22)21-8-3-13(4-9-21)14-11-23-16(19-14)20-15-17-6-2-7-18-15/h2,6-7,11-13,22H,3-5,8-10H2,1H3,(H,17,18,19,20). The van der Waals surface area contributed by atoms with Crippen molar-refractivity contribution < 1.29 is 5.11 Å². The summed E-state index contributed by atoms with van der Waals surface area (Å²) in [5.74, 6) is 1.11.